The Morgan fingerprint density at radius 1 is 0.841 bits per heavy atom. The van der Waals surface area contributed by atoms with Gasteiger partial charge in [-0.2, -0.15) is 34.6 Å². The first-order valence-electron chi connectivity index (χ1n) is 20.6. The molecular formula is C44H48F4N3O10S2+. The molecule has 1 fully saturated rings. The second-order valence-corrected chi connectivity index (χ2v) is 19.1. The second-order valence-electron chi connectivity index (χ2n) is 15.9. The number of benzene rings is 3. The maximum absolute atomic E-state index is 15.3. The van der Waals surface area contributed by atoms with Crippen molar-refractivity contribution in [1.29, 1.82) is 0 Å². The molecule has 1 unspecified atom stereocenters. The molecule has 2 amide bonds. The molecule has 4 aromatic rings. The summed E-state index contributed by atoms with van der Waals surface area (Å²) in [5, 5.41) is 2.09. The number of unbranched alkanes of at least 4 members (excludes halogenated alkanes) is 4. The highest BCUT2D eigenvalue weighted by molar-refractivity contribution is 7.86. The van der Waals surface area contributed by atoms with E-state index in [9.17, 15) is 53.5 Å². The number of para-hydroxylation sites is 2. The molecule has 19 heteroatoms. The van der Waals surface area contributed by atoms with E-state index in [1.807, 2.05) is 54.6 Å². The van der Waals surface area contributed by atoms with E-state index in [0.717, 1.165) is 33.4 Å². The minimum atomic E-state index is -4.97. The molecule has 3 aromatic carbocycles. The van der Waals surface area contributed by atoms with Gasteiger partial charge in [-0.15, -0.1) is 5.06 Å². The number of aryl methyl sites for hydroxylation is 1. The van der Waals surface area contributed by atoms with Crippen molar-refractivity contribution in [3.63, 3.8) is 0 Å². The van der Waals surface area contributed by atoms with Gasteiger partial charge in [0.05, 0.1) is 27.8 Å². The maximum atomic E-state index is 15.3. The number of hydroxylamine groups is 2. The molecule has 63 heavy (non-hydrogen) atoms. The average Bonchev–Trinajstić information content (AvgIpc) is 3.64. The highest BCUT2D eigenvalue weighted by Crippen LogP contribution is 2.55. The zero-order valence-corrected chi connectivity index (χ0v) is 36.1. The number of anilines is 1. The Balaban J connectivity index is 1.38. The number of hydrogen-bond acceptors (Lipinski definition) is 9. The maximum Gasteiger partial charge on any atom is 0.416 e. The number of imide groups is 1. The first-order valence-corrected chi connectivity index (χ1v) is 23.8. The van der Waals surface area contributed by atoms with E-state index in [1.165, 1.54) is 0 Å². The van der Waals surface area contributed by atoms with Gasteiger partial charge >= 0.3 is 12.1 Å². The highest BCUT2D eigenvalue weighted by atomic mass is 32.2. The van der Waals surface area contributed by atoms with Gasteiger partial charge in [-0.1, -0.05) is 49.3 Å². The van der Waals surface area contributed by atoms with E-state index >= 15 is 4.39 Å². The Labute approximate surface area is 362 Å². The second kappa shape index (κ2) is 19.2. The lowest BCUT2D eigenvalue weighted by Gasteiger charge is -2.31. The molecule has 13 nitrogen and oxygen atoms in total. The summed E-state index contributed by atoms with van der Waals surface area (Å²) >= 11 is 0. The Morgan fingerprint density at radius 3 is 2.02 bits per heavy atom. The van der Waals surface area contributed by atoms with Gasteiger partial charge in [0.25, 0.3) is 32.1 Å². The predicted molar refractivity (Wildman–Crippen MR) is 226 cm³/mol. The molecule has 1 aromatic heterocycles. The quantitative estimate of drug-likeness (QED) is 0.0232. The number of pyridine rings is 1. The molecule has 0 radical (unpaired) electrons. The van der Waals surface area contributed by atoms with Gasteiger partial charge in [0.2, 0.25) is 11.0 Å². The van der Waals surface area contributed by atoms with Crippen LogP contribution in [-0.2, 0) is 57.6 Å². The topological polar surface area (TPSA) is 180 Å². The van der Waals surface area contributed by atoms with Crippen LogP contribution in [0.1, 0.15) is 94.2 Å². The fourth-order valence-electron chi connectivity index (χ4n) is 8.58. The largest absolute Gasteiger partial charge is 0.416 e. The van der Waals surface area contributed by atoms with E-state index in [0.29, 0.717) is 42.6 Å². The van der Waals surface area contributed by atoms with Crippen LogP contribution in [-0.4, -0.2) is 66.8 Å². The van der Waals surface area contributed by atoms with E-state index in [2.05, 4.69) is 4.57 Å². The number of allylic oxidation sites excluding steroid dienone is 3. The van der Waals surface area contributed by atoms with Crippen molar-refractivity contribution >= 4 is 71.6 Å². The van der Waals surface area contributed by atoms with Crippen molar-refractivity contribution in [1.82, 2.24) is 5.06 Å². The normalized spacial score (nSPS) is 17.9. The third-order valence-corrected chi connectivity index (χ3v) is 13.0. The molecule has 338 valence electrons. The number of halogens is 4. The number of carbonyl (C=O) groups is 3. The van der Waals surface area contributed by atoms with Crippen molar-refractivity contribution < 1.29 is 67.3 Å². The molecule has 3 heterocycles. The summed E-state index contributed by atoms with van der Waals surface area (Å²) in [7, 11) is -8.50. The summed E-state index contributed by atoms with van der Waals surface area (Å²) in [4.78, 5) is 42.8. The van der Waals surface area contributed by atoms with Crippen LogP contribution in [0.4, 0.5) is 23.2 Å². The zero-order valence-electron chi connectivity index (χ0n) is 34.4. The zero-order chi connectivity index (χ0) is 45.7. The minimum Gasteiger partial charge on any atom is -0.344 e. The van der Waals surface area contributed by atoms with Crippen LogP contribution in [0, 0.1) is 5.82 Å². The third-order valence-electron chi connectivity index (χ3n) is 11.4. The number of amides is 2. The molecule has 0 spiro atoms. The van der Waals surface area contributed by atoms with Gasteiger partial charge in [-0.05, 0) is 74.9 Å². The molecule has 0 aliphatic carbocycles. The van der Waals surface area contributed by atoms with Gasteiger partial charge in [0.1, 0.15) is 12.4 Å². The monoisotopic (exact) mass is 918 g/mol. The minimum absolute atomic E-state index is 0.00499. The van der Waals surface area contributed by atoms with Gasteiger partial charge in [-0.3, -0.25) is 18.7 Å². The van der Waals surface area contributed by atoms with E-state index < -0.39 is 66.7 Å². The summed E-state index contributed by atoms with van der Waals surface area (Å²) in [6.45, 7) is 2.12. The lowest BCUT2D eigenvalue weighted by Crippen LogP contribution is -2.36. The first kappa shape index (κ1) is 47.2. The van der Waals surface area contributed by atoms with E-state index in [-0.39, 0.29) is 74.9 Å². The van der Waals surface area contributed by atoms with Gasteiger partial charge in [0.15, 0.2) is 0 Å². The Morgan fingerprint density at radius 2 is 1.43 bits per heavy atom. The summed E-state index contributed by atoms with van der Waals surface area (Å²) in [5.74, 6) is -4.14. The Bertz CT molecular complexity index is 2630. The summed E-state index contributed by atoms with van der Waals surface area (Å²) < 4.78 is 127. The summed E-state index contributed by atoms with van der Waals surface area (Å²) in [6, 6.07) is 16.6. The van der Waals surface area contributed by atoms with Crippen molar-refractivity contribution in [3.8, 4) is 0 Å². The van der Waals surface area contributed by atoms with Crippen LogP contribution in [0.15, 0.2) is 78.5 Å². The number of aromatic nitrogens is 1. The standard InChI is InChI=1S/C44H47F4N3O10S2/c1-43(23-8-11-26-62(55,56)57)38(19-13-16-31-32-14-4-6-17-35(32)49(24-10-12-27-63(58,59)60)36-18-7-5-15-33(31)36)50(37-29-30(45)28-34(42(37)43)44(46,47)48)25-9-2-3-20-41(54)61-51-39(52)21-22-40(51)53/h4-7,13-19,28-29H,2-3,8-12,20-27H2,1H3,(H-,55,56,57,58,59,60)/p+1. The van der Waals surface area contributed by atoms with Crippen LogP contribution < -0.4 is 9.47 Å². The SMILES string of the molecule is CC1(CCCCS(=O)(=O)O)C(=CC=Cc2c3ccccc3[n+](CCCCS(=O)(=O)O)c3ccccc23)N(CCCCCC(=O)ON2C(=O)CCC2=O)c2cc(F)cc(C(F)(F)F)c21. The van der Waals surface area contributed by atoms with Gasteiger partial charge in [0, 0.05) is 66.7 Å². The fourth-order valence-corrected chi connectivity index (χ4v) is 9.71. The number of hydrogen-bond donors (Lipinski definition) is 2. The highest BCUT2D eigenvalue weighted by Gasteiger charge is 2.49. The van der Waals surface area contributed by atoms with Gasteiger partial charge < -0.3 is 9.74 Å². The summed E-state index contributed by atoms with van der Waals surface area (Å²) in [5.41, 5.74) is -0.0314. The molecule has 0 saturated carbocycles. The summed E-state index contributed by atoms with van der Waals surface area (Å²) in [6.07, 6.45) is 1.56. The van der Waals surface area contributed by atoms with Crippen LogP contribution in [0.2, 0.25) is 0 Å². The van der Waals surface area contributed by atoms with Crippen molar-refractivity contribution in [2.24, 2.45) is 0 Å². The average molecular weight is 919 g/mol. The van der Waals surface area contributed by atoms with Crippen molar-refractivity contribution in [2.45, 2.75) is 95.7 Å². The Kier molecular flexibility index (Phi) is 14.4. The Hall–Kier alpha value is -5.24. The molecule has 2 aliphatic rings. The number of alkyl halides is 3. The smallest absolute Gasteiger partial charge is 0.344 e. The van der Waals surface area contributed by atoms with Gasteiger partial charge in [-0.25, -0.2) is 9.18 Å². The van der Waals surface area contributed by atoms with E-state index in [1.54, 1.807) is 24.0 Å². The number of rotatable bonds is 19. The van der Waals surface area contributed by atoms with Crippen molar-refractivity contribution in [3.05, 3.63) is 101 Å². The fraction of sp³-hybridized carbons (Fsp3) is 0.409. The number of carbonyl (C=O) groups excluding carboxylic acids is 3. The number of fused-ring (bicyclic) bond motifs is 3. The van der Waals surface area contributed by atoms with Crippen LogP contribution >= 0.6 is 0 Å². The molecule has 1 saturated heterocycles. The third kappa shape index (κ3) is 11.3. The molecule has 0 bridgehead atoms. The molecule has 6 rings (SSSR count). The van der Waals surface area contributed by atoms with Crippen LogP contribution in [0.5, 0.6) is 0 Å². The molecule has 2 N–H and O–H groups in total. The number of nitrogens with zero attached hydrogens (tertiary/aromatic N) is 3. The van der Waals surface area contributed by atoms with Crippen LogP contribution in [0.3, 0.4) is 0 Å². The predicted octanol–water partition coefficient (Wildman–Crippen LogP) is 8.01. The first-order chi connectivity index (χ1) is 29.7. The molecule has 2 aliphatic heterocycles. The molecule has 1 atom stereocenters. The lowest BCUT2D eigenvalue weighted by atomic mass is 9.75. The molecular weight excluding hydrogens is 871 g/mol. The van der Waals surface area contributed by atoms with Crippen molar-refractivity contribution in [2.75, 3.05) is 23.0 Å². The van der Waals surface area contributed by atoms with Crippen LogP contribution in [0.25, 0.3) is 27.9 Å². The lowest BCUT2D eigenvalue weighted by molar-refractivity contribution is -0.645. The van der Waals surface area contributed by atoms with E-state index in [4.69, 9.17) is 4.84 Å².